The first kappa shape index (κ1) is 31.9. The fourth-order valence-corrected chi connectivity index (χ4v) is 5.53. The summed E-state index contributed by atoms with van der Waals surface area (Å²) < 4.78 is 53.8. The SMILES string of the molecule is CN(CC(C[C@H](NC(=O)Oc1ccccc1)C(=O)O)C(=O)O)C(=O)N(N(CCCl)S(C)(=O)=O)S(C)(=O)=O. The third-order valence-electron chi connectivity index (χ3n) is 4.57. The Balaban J connectivity index is 3.11. The minimum Gasteiger partial charge on any atom is -0.481 e. The van der Waals surface area contributed by atoms with E-state index in [1.165, 1.54) is 12.1 Å². The molecule has 0 aliphatic heterocycles. The van der Waals surface area contributed by atoms with Gasteiger partial charge in [0, 0.05) is 26.0 Å². The number of carbonyl (C=O) groups is 4. The highest BCUT2D eigenvalue weighted by Crippen LogP contribution is 2.17. The zero-order valence-electron chi connectivity index (χ0n) is 20.0. The van der Waals surface area contributed by atoms with Crippen molar-refractivity contribution in [1.29, 1.82) is 0 Å². The summed E-state index contributed by atoms with van der Waals surface area (Å²) in [4.78, 5) is 49.1. The second kappa shape index (κ2) is 13.4. The van der Waals surface area contributed by atoms with Crippen molar-refractivity contribution in [2.45, 2.75) is 12.5 Å². The maximum Gasteiger partial charge on any atom is 0.413 e. The molecular weight excluding hydrogens is 560 g/mol. The average molecular weight is 587 g/mol. The lowest BCUT2D eigenvalue weighted by Gasteiger charge is -2.34. The normalized spacial score (nSPS) is 13.3. The molecule has 1 aromatic rings. The van der Waals surface area contributed by atoms with E-state index in [0.717, 1.165) is 7.05 Å². The number of urea groups is 1. The van der Waals surface area contributed by atoms with Crippen molar-refractivity contribution in [3.05, 3.63) is 30.3 Å². The summed E-state index contributed by atoms with van der Waals surface area (Å²) in [6, 6.07) is 4.41. The molecule has 15 nitrogen and oxygen atoms in total. The molecule has 37 heavy (non-hydrogen) atoms. The molecule has 1 rings (SSSR count). The first-order chi connectivity index (χ1) is 17.0. The Kier molecular flexibility index (Phi) is 11.6. The lowest BCUT2D eigenvalue weighted by Crippen LogP contribution is -2.57. The van der Waals surface area contributed by atoms with Crippen molar-refractivity contribution >= 4 is 55.7 Å². The molecule has 3 N–H and O–H groups in total. The van der Waals surface area contributed by atoms with E-state index in [9.17, 15) is 46.2 Å². The van der Waals surface area contributed by atoms with Crippen LogP contribution in [-0.2, 0) is 29.6 Å². The summed E-state index contributed by atoms with van der Waals surface area (Å²) in [5.41, 5.74) is 0. The number of amides is 3. The molecule has 3 amide bonds. The van der Waals surface area contributed by atoms with E-state index < -0.39 is 75.6 Å². The summed E-state index contributed by atoms with van der Waals surface area (Å²) in [7, 11) is -7.86. The number of carbonyl (C=O) groups excluding carboxylic acids is 2. The molecule has 0 aromatic heterocycles. The number of hydrogen-bond donors (Lipinski definition) is 3. The van der Waals surface area contributed by atoms with Crippen LogP contribution in [0.1, 0.15) is 6.42 Å². The molecular formula is C19H27ClN4O11S2. The monoisotopic (exact) mass is 586 g/mol. The average Bonchev–Trinajstić information content (AvgIpc) is 2.76. The van der Waals surface area contributed by atoms with Gasteiger partial charge in [0.05, 0.1) is 18.4 Å². The number of hydrogen-bond acceptors (Lipinski definition) is 9. The molecule has 0 aliphatic rings. The van der Waals surface area contributed by atoms with E-state index in [4.69, 9.17) is 16.3 Å². The van der Waals surface area contributed by atoms with Gasteiger partial charge in [0.1, 0.15) is 11.8 Å². The molecule has 0 saturated heterocycles. The topological polar surface area (TPSA) is 208 Å². The van der Waals surface area contributed by atoms with Gasteiger partial charge in [0.2, 0.25) is 10.0 Å². The molecule has 208 valence electrons. The Bertz CT molecular complexity index is 1200. The summed E-state index contributed by atoms with van der Waals surface area (Å²) in [5.74, 6) is -5.09. The second-order valence-electron chi connectivity index (χ2n) is 7.68. The predicted octanol–water partition coefficient (Wildman–Crippen LogP) is 0.0479. The Morgan fingerprint density at radius 2 is 1.57 bits per heavy atom. The van der Waals surface area contributed by atoms with Crippen LogP contribution in [0.15, 0.2) is 30.3 Å². The van der Waals surface area contributed by atoms with E-state index in [-0.39, 0.29) is 20.5 Å². The Morgan fingerprint density at radius 1 is 1.00 bits per heavy atom. The van der Waals surface area contributed by atoms with Crippen molar-refractivity contribution in [1.82, 2.24) is 19.0 Å². The molecule has 0 heterocycles. The predicted molar refractivity (Wildman–Crippen MR) is 130 cm³/mol. The fourth-order valence-electron chi connectivity index (χ4n) is 2.95. The molecule has 0 spiro atoms. The first-order valence-corrected chi connectivity index (χ1v) is 14.5. The van der Waals surface area contributed by atoms with Gasteiger partial charge in [-0.1, -0.05) is 22.6 Å². The zero-order chi connectivity index (χ0) is 28.6. The van der Waals surface area contributed by atoms with E-state index in [2.05, 4.69) is 0 Å². The molecule has 0 radical (unpaired) electrons. The van der Waals surface area contributed by atoms with Crippen LogP contribution in [-0.4, -0.2) is 109 Å². The number of hydrazine groups is 1. The summed E-state index contributed by atoms with van der Waals surface area (Å²) in [5, 5.41) is 21.1. The zero-order valence-corrected chi connectivity index (χ0v) is 22.4. The van der Waals surface area contributed by atoms with Gasteiger partial charge in [-0.05, 0) is 18.6 Å². The molecule has 1 aromatic carbocycles. The number of ether oxygens (including phenoxy) is 1. The quantitative estimate of drug-likeness (QED) is 0.208. The molecule has 0 saturated carbocycles. The van der Waals surface area contributed by atoms with Crippen molar-refractivity contribution in [3.8, 4) is 5.75 Å². The minimum absolute atomic E-state index is 0.0756. The molecule has 0 fully saturated rings. The lowest BCUT2D eigenvalue weighted by molar-refractivity contribution is -0.144. The maximum atomic E-state index is 12.9. The first-order valence-electron chi connectivity index (χ1n) is 10.3. The molecule has 0 aliphatic carbocycles. The summed E-state index contributed by atoms with van der Waals surface area (Å²) in [6.07, 6.45) is -0.714. The molecule has 18 heteroatoms. The number of rotatable bonds is 13. The van der Waals surface area contributed by atoms with Crippen LogP contribution >= 0.6 is 11.6 Å². The van der Waals surface area contributed by atoms with E-state index >= 15 is 0 Å². The minimum atomic E-state index is -4.54. The number of carboxylic acid groups (broad SMARTS) is 2. The van der Waals surface area contributed by atoms with Gasteiger partial charge < -0.3 is 25.2 Å². The van der Waals surface area contributed by atoms with E-state index in [1.807, 2.05) is 5.32 Å². The fraction of sp³-hybridized carbons (Fsp3) is 0.474. The lowest BCUT2D eigenvalue weighted by atomic mass is 9.99. The van der Waals surface area contributed by atoms with Gasteiger partial charge in [0.15, 0.2) is 0 Å². The van der Waals surface area contributed by atoms with Crippen LogP contribution in [0.25, 0.3) is 0 Å². The Labute approximate surface area is 218 Å². The van der Waals surface area contributed by atoms with Crippen molar-refractivity contribution < 1.29 is 51.0 Å². The number of benzene rings is 1. The third-order valence-corrected chi connectivity index (χ3v) is 6.94. The highest BCUT2D eigenvalue weighted by atomic mass is 35.5. The summed E-state index contributed by atoms with van der Waals surface area (Å²) >= 11 is 5.56. The van der Waals surface area contributed by atoms with Crippen molar-refractivity contribution in [3.63, 3.8) is 0 Å². The Hall–Kier alpha value is -3.15. The van der Waals surface area contributed by atoms with E-state index in [1.54, 1.807) is 18.2 Å². The number of aliphatic carboxylic acids is 2. The van der Waals surface area contributed by atoms with Gasteiger partial charge in [-0.2, -0.15) is 0 Å². The van der Waals surface area contributed by atoms with E-state index in [0.29, 0.717) is 17.4 Å². The third kappa shape index (κ3) is 10.0. The molecule has 1 unspecified atom stereocenters. The molecule has 0 bridgehead atoms. The van der Waals surface area contributed by atoms with Crippen LogP contribution in [0.5, 0.6) is 5.75 Å². The number of nitrogens with zero attached hydrogens (tertiary/aromatic N) is 3. The Morgan fingerprint density at radius 3 is 2.00 bits per heavy atom. The van der Waals surface area contributed by atoms with Crippen LogP contribution < -0.4 is 10.1 Å². The highest BCUT2D eigenvalue weighted by Gasteiger charge is 2.39. The standard InChI is InChI=1S/C19H27ClN4O11S2/c1-22(19(30)24(37(3,33)34)23(10-9-20)36(2,31)32)12-13(16(25)26)11-15(17(27)28)21-18(29)35-14-7-5-4-6-8-14/h4-8,13,15H,9-12H2,1-3H3,(H,21,29)(H,25,26)(H,27,28)/t13?,15-/m0/s1. The van der Waals surface area contributed by atoms with Crippen LogP contribution in [0.2, 0.25) is 0 Å². The largest absolute Gasteiger partial charge is 0.481 e. The maximum absolute atomic E-state index is 12.9. The number of carboxylic acids is 2. The van der Waals surface area contributed by atoms with Crippen molar-refractivity contribution in [2.24, 2.45) is 5.92 Å². The number of sulfonamides is 2. The van der Waals surface area contributed by atoms with Crippen LogP contribution in [0.3, 0.4) is 0 Å². The second-order valence-corrected chi connectivity index (χ2v) is 11.8. The summed E-state index contributed by atoms with van der Waals surface area (Å²) in [6.45, 7) is -1.35. The van der Waals surface area contributed by atoms with Gasteiger partial charge >= 0.3 is 24.1 Å². The van der Waals surface area contributed by atoms with Gasteiger partial charge in [-0.25, -0.2) is 31.2 Å². The van der Waals surface area contributed by atoms with Gasteiger partial charge in [-0.3, -0.25) is 4.79 Å². The van der Waals surface area contributed by atoms with Gasteiger partial charge in [-0.15, -0.1) is 16.0 Å². The number of nitrogens with one attached hydrogen (secondary N) is 1. The van der Waals surface area contributed by atoms with Crippen molar-refractivity contribution in [2.75, 3.05) is 38.5 Å². The number of para-hydroxylation sites is 1. The smallest absolute Gasteiger partial charge is 0.413 e. The highest BCUT2D eigenvalue weighted by molar-refractivity contribution is 7.91. The van der Waals surface area contributed by atoms with Crippen LogP contribution in [0.4, 0.5) is 9.59 Å². The number of halogens is 1. The van der Waals surface area contributed by atoms with Crippen LogP contribution in [0, 0.1) is 5.92 Å². The number of alkyl halides is 1. The molecule has 2 atom stereocenters. The van der Waals surface area contributed by atoms with Gasteiger partial charge in [0.25, 0.3) is 10.0 Å².